The molecule has 7 nitrogen and oxygen atoms in total. The predicted octanol–water partition coefficient (Wildman–Crippen LogP) is -1.59. The lowest BCUT2D eigenvalue weighted by atomic mass is 10.7. The van der Waals surface area contributed by atoms with Gasteiger partial charge in [-0.05, 0) is 0 Å². The average Bonchev–Trinajstić information content (AvgIpc) is 1.97. The minimum absolute atomic E-state index is 0.595. The number of carbonyl (C=O) groups excluding carboxylic acids is 2. The molecule has 8 heteroatoms. The van der Waals surface area contributed by atoms with E-state index in [1.54, 1.807) is 5.32 Å². The number of rotatable bonds is 3. The number of hydrogen-bond donors (Lipinski definition) is 2. The molecule has 0 aliphatic carbocycles. The maximum absolute atomic E-state index is 10.3. The van der Waals surface area contributed by atoms with Crippen LogP contribution in [0, 0.1) is 0 Å². The van der Waals surface area contributed by atoms with E-state index in [-0.39, 0.29) is 0 Å². The fourth-order valence-electron chi connectivity index (χ4n) is 0.320. The topological polar surface area (TPSA) is 116 Å². The summed E-state index contributed by atoms with van der Waals surface area (Å²) in [6.07, 6.45) is 0. The van der Waals surface area contributed by atoms with Crippen LogP contribution in [0.15, 0.2) is 0 Å². The number of amides is 1. The van der Waals surface area contributed by atoms with Gasteiger partial charge in [0.1, 0.15) is 6.54 Å². The molecule has 0 saturated carbocycles. The van der Waals surface area contributed by atoms with Crippen molar-refractivity contribution >= 4 is 19.2 Å². The Labute approximate surface area is 67.9 Å². The molecule has 0 aromatic heterocycles. The van der Waals surface area contributed by atoms with Gasteiger partial charge in [-0.3, -0.25) is 14.2 Å². The van der Waals surface area contributed by atoms with E-state index in [2.05, 4.69) is 4.74 Å². The molecule has 0 saturated heterocycles. The van der Waals surface area contributed by atoms with E-state index in [0.717, 1.165) is 7.11 Å². The summed E-state index contributed by atoms with van der Waals surface area (Å²) in [7, 11) is -3.96. The van der Waals surface area contributed by atoms with Gasteiger partial charge in [-0.15, -0.1) is 0 Å². The van der Waals surface area contributed by atoms with Crippen LogP contribution in [0.3, 0.4) is 0 Å². The highest BCUT2D eigenvalue weighted by atomic mass is 31.2. The van der Waals surface area contributed by atoms with Gasteiger partial charge in [-0.1, -0.05) is 0 Å². The number of esters is 1. The Balaban J connectivity index is 3.89. The number of ether oxygens (including phenoxy) is 1. The van der Waals surface area contributed by atoms with Crippen molar-refractivity contribution in [1.82, 2.24) is 5.32 Å². The molecule has 2 N–H and O–H groups in total. The summed E-state index contributed by atoms with van der Waals surface area (Å²) in [5.41, 5.74) is -1.60. The molecule has 0 fully saturated rings. The third-order valence-electron chi connectivity index (χ3n) is 0.868. The van der Waals surface area contributed by atoms with Crippen LogP contribution in [-0.2, 0) is 14.1 Å². The summed E-state index contributed by atoms with van der Waals surface area (Å²) in [5, 5.41) is 1.63. The zero-order valence-corrected chi connectivity index (χ0v) is 7.04. The molecule has 0 spiro atoms. The van der Waals surface area contributed by atoms with Crippen LogP contribution in [0.2, 0.25) is 0 Å². The van der Waals surface area contributed by atoms with Crippen LogP contribution in [-0.4, -0.2) is 30.2 Å². The Hall–Kier alpha value is -0.910. The molecule has 0 bridgehead atoms. The SMILES string of the molecule is COC(=O)CNC(=O)P(=O)([O-])O. The first kappa shape index (κ1) is 11.1. The van der Waals surface area contributed by atoms with Gasteiger partial charge in [0.15, 0.2) is 0 Å². The van der Waals surface area contributed by atoms with Crippen molar-refractivity contribution in [2.45, 2.75) is 0 Å². The molecule has 1 atom stereocenters. The average molecular weight is 196 g/mol. The summed E-state index contributed by atoms with van der Waals surface area (Å²) < 4.78 is 14.1. The molecule has 1 unspecified atom stereocenters. The van der Waals surface area contributed by atoms with Gasteiger partial charge in [-0.25, -0.2) is 0 Å². The van der Waals surface area contributed by atoms with E-state index in [9.17, 15) is 19.0 Å². The quantitative estimate of drug-likeness (QED) is 0.415. The smallest absolute Gasteiger partial charge is 0.325 e. The highest BCUT2D eigenvalue weighted by Crippen LogP contribution is 2.28. The lowest BCUT2D eigenvalue weighted by Crippen LogP contribution is -2.31. The summed E-state index contributed by atoms with van der Waals surface area (Å²) in [6, 6.07) is 0. The van der Waals surface area contributed by atoms with Gasteiger partial charge in [-0.2, -0.15) is 0 Å². The first-order valence-corrected chi connectivity index (χ1v) is 4.34. The molecule has 0 aromatic carbocycles. The highest BCUT2D eigenvalue weighted by Gasteiger charge is 2.15. The molecule has 70 valence electrons. The van der Waals surface area contributed by atoms with Crippen LogP contribution in [0.25, 0.3) is 0 Å². The lowest BCUT2D eigenvalue weighted by molar-refractivity contribution is -0.188. The molecule has 12 heavy (non-hydrogen) atoms. The summed E-state index contributed by atoms with van der Waals surface area (Å²) in [5.74, 6) is -0.809. The fourth-order valence-corrected chi connectivity index (χ4v) is 0.599. The van der Waals surface area contributed by atoms with Crippen molar-refractivity contribution in [2.24, 2.45) is 0 Å². The van der Waals surface area contributed by atoms with E-state index in [0.29, 0.717) is 0 Å². The Morgan fingerprint density at radius 3 is 2.50 bits per heavy atom. The molecule has 0 aromatic rings. The van der Waals surface area contributed by atoms with Gasteiger partial charge < -0.3 is 19.8 Å². The highest BCUT2D eigenvalue weighted by molar-refractivity contribution is 7.68. The van der Waals surface area contributed by atoms with Gasteiger partial charge in [0.05, 0.1) is 7.11 Å². The second-order valence-corrected chi connectivity index (χ2v) is 3.20. The Morgan fingerprint density at radius 2 is 2.17 bits per heavy atom. The minimum atomic E-state index is -5.03. The molecule has 0 aliphatic heterocycles. The van der Waals surface area contributed by atoms with Gasteiger partial charge >= 0.3 is 5.97 Å². The van der Waals surface area contributed by atoms with Crippen LogP contribution < -0.4 is 10.2 Å². The Bertz CT molecular complexity index is 232. The molecule has 1 amide bonds. The van der Waals surface area contributed by atoms with Crippen molar-refractivity contribution in [1.29, 1.82) is 0 Å². The van der Waals surface area contributed by atoms with E-state index < -0.39 is 25.8 Å². The number of methoxy groups -OCH3 is 1. The largest absolute Gasteiger partial charge is 0.772 e. The maximum Gasteiger partial charge on any atom is 0.325 e. The van der Waals surface area contributed by atoms with Crippen LogP contribution in [0.5, 0.6) is 0 Å². The normalized spacial score (nSPS) is 14.6. The second kappa shape index (κ2) is 4.20. The van der Waals surface area contributed by atoms with Crippen molar-refractivity contribution in [2.75, 3.05) is 13.7 Å². The third-order valence-corrected chi connectivity index (χ3v) is 1.54. The molecule has 0 aliphatic rings. The Morgan fingerprint density at radius 1 is 1.67 bits per heavy atom. The monoisotopic (exact) mass is 196 g/mol. The van der Waals surface area contributed by atoms with Gasteiger partial charge in [0, 0.05) is 0 Å². The zero-order valence-electron chi connectivity index (χ0n) is 6.14. The molecular weight excluding hydrogens is 189 g/mol. The lowest BCUT2D eigenvalue weighted by Gasteiger charge is -2.13. The Kier molecular flexibility index (Phi) is 3.88. The van der Waals surface area contributed by atoms with Gasteiger partial charge in [0.25, 0.3) is 5.65 Å². The maximum atomic E-state index is 10.3. The molecule has 0 radical (unpaired) electrons. The van der Waals surface area contributed by atoms with Gasteiger partial charge in [0.2, 0.25) is 7.60 Å². The van der Waals surface area contributed by atoms with Crippen molar-refractivity contribution in [3.8, 4) is 0 Å². The number of carbonyl (C=O) groups is 2. The van der Waals surface area contributed by atoms with E-state index >= 15 is 0 Å². The summed E-state index contributed by atoms with van der Waals surface area (Å²) >= 11 is 0. The first-order valence-electron chi connectivity index (χ1n) is 2.77. The van der Waals surface area contributed by atoms with E-state index in [1.165, 1.54) is 0 Å². The standard InChI is InChI=1S/C4H8NO6P/c1-11-3(6)2-5-4(7)12(8,9)10/h2H2,1H3,(H,5,7)(H2,8,9,10)/p-1. The zero-order chi connectivity index (χ0) is 9.78. The predicted molar refractivity (Wildman–Crippen MR) is 35.2 cm³/mol. The fraction of sp³-hybridized carbons (Fsp3) is 0.500. The summed E-state index contributed by atoms with van der Waals surface area (Å²) in [4.78, 5) is 38.8. The van der Waals surface area contributed by atoms with Crippen LogP contribution in [0.1, 0.15) is 0 Å². The second-order valence-electron chi connectivity index (χ2n) is 1.76. The third kappa shape index (κ3) is 4.07. The number of nitrogens with one attached hydrogen (secondary N) is 1. The van der Waals surface area contributed by atoms with E-state index in [4.69, 9.17) is 4.89 Å². The minimum Gasteiger partial charge on any atom is -0.772 e. The van der Waals surface area contributed by atoms with Crippen molar-refractivity contribution in [3.05, 3.63) is 0 Å². The molecular formula is C4H7NO6P-. The van der Waals surface area contributed by atoms with E-state index in [1.807, 2.05) is 0 Å². The van der Waals surface area contributed by atoms with Crippen LogP contribution in [0.4, 0.5) is 4.79 Å². The van der Waals surface area contributed by atoms with Crippen LogP contribution >= 0.6 is 7.60 Å². The van der Waals surface area contributed by atoms with Crippen molar-refractivity contribution < 1.29 is 28.7 Å². The number of hydrogen-bond acceptors (Lipinski definition) is 5. The molecule has 0 rings (SSSR count). The molecule has 0 heterocycles. The first-order chi connectivity index (χ1) is 5.38. The summed E-state index contributed by atoms with van der Waals surface area (Å²) in [6.45, 7) is -0.595. The van der Waals surface area contributed by atoms with Crippen molar-refractivity contribution in [3.63, 3.8) is 0 Å².